The zero-order valence-corrected chi connectivity index (χ0v) is 15.5. The van der Waals surface area contributed by atoms with Gasteiger partial charge in [-0.25, -0.2) is 0 Å². The molecule has 0 saturated heterocycles. The number of benzene rings is 2. The van der Waals surface area contributed by atoms with Crippen molar-refractivity contribution in [3.8, 4) is 17.2 Å². The minimum atomic E-state index is -1.00. The maximum absolute atomic E-state index is 12.5. The smallest absolute Gasteiger partial charge is 0.308 e. The molecule has 1 amide bonds. The molecule has 7 nitrogen and oxygen atoms in total. The molecule has 2 aromatic carbocycles. The van der Waals surface area contributed by atoms with Crippen LogP contribution in [0.5, 0.6) is 17.2 Å². The second kappa shape index (κ2) is 9.47. The van der Waals surface area contributed by atoms with E-state index in [2.05, 4.69) is 5.32 Å². The van der Waals surface area contributed by atoms with Crippen molar-refractivity contribution in [2.24, 2.45) is 5.92 Å². The van der Waals surface area contributed by atoms with Crippen LogP contribution in [-0.2, 0) is 11.2 Å². The van der Waals surface area contributed by atoms with Crippen LogP contribution >= 0.6 is 0 Å². The van der Waals surface area contributed by atoms with Crippen molar-refractivity contribution in [1.29, 1.82) is 0 Å². The van der Waals surface area contributed by atoms with Gasteiger partial charge in [0.15, 0.2) is 11.5 Å². The lowest BCUT2D eigenvalue weighted by atomic mass is 9.98. The maximum Gasteiger partial charge on any atom is 0.308 e. The van der Waals surface area contributed by atoms with Gasteiger partial charge in [0, 0.05) is 6.54 Å². The van der Waals surface area contributed by atoms with Crippen molar-refractivity contribution < 1.29 is 28.9 Å². The number of hydrogen-bond donors (Lipinski definition) is 2. The summed E-state index contributed by atoms with van der Waals surface area (Å²) in [7, 11) is 4.45. The fourth-order valence-corrected chi connectivity index (χ4v) is 2.76. The van der Waals surface area contributed by atoms with Gasteiger partial charge in [0.1, 0.15) is 5.75 Å². The number of carboxylic acid groups (broad SMARTS) is 1. The number of para-hydroxylation sites is 2. The van der Waals surface area contributed by atoms with Crippen molar-refractivity contribution in [1.82, 2.24) is 5.32 Å². The number of carboxylic acids is 1. The Hall–Kier alpha value is -3.22. The standard InChI is InChI=1S/C20H23NO6/c1-25-16-9-5-4-7-13(16)11-14(20(23)24)12-21-19(22)15-8-6-10-17(26-2)18(15)27-3/h4-10,14H,11-12H2,1-3H3,(H,21,22)(H,23,24). The fraction of sp³-hybridized carbons (Fsp3) is 0.300. The summed E-state index contributed by atoms with van der Waals surface area (Å²) in [6, 6.07) is 12.1. The number of carbonyl (C=O) groups excluding carboxylic acids is 1. The van der Waals surface area contributed by atoms with Crippen molar-refractivity contribution >= 4 is 11.9 Å². The van der Waals surface area contributed by atoms with Gasteiger partial charge in [-0.1, -0.05) is 24.3 Å². The second-order valence-electron chi connectivity index (χ2n) is 5.80. The summed E-state index contributed by atoms with van der Waals surface area (Å²) in [5.41, 5.74) is 1.04. The molecule has 0 saturated carbocycles. The van der Waals surface area contributed by atoms with Crippen molar-refractivity contribution in [3.63, 3.8) is 0 Å². The van der Waals surface area contributed by atoms with Crippen LogP contribution in [0.2, 0.25) is 0 Å². The molecule has 0 bridgehead atoms. The van der Waals surface area contributed by atoms with E-state index >= 15 is 0 Å². The van der Waals surface area contributed by atoms with E-state index in [0.29, 0.717) is 17.2 Å². The summed E-state index contributed by atoms with van der Waals surface area (Å²) in [6.45, 7) is -0.0351. The molecular formula is C20H23NO6. The number of nitrogens with one attached hydrogen (secondary N) is 1. The van der Waals surface area contributed by atoms with Gasteiger partial charge in [-0.05, 0) is 30.2 Å². The monoisotopic (exact) mass is 373 g/mol. The summed E-state index contributed by atoms with van der Waals surface area (Å²) >= 11 is 0. The number of ether oxygens (including phenoxy) is 3. The van der Waals surface area contributed by atoms with Crippen LogP contribution in [0, 0.1) is 5.92 Å². The topological polar surface area (TPSA) is 94.1 Å². The number of aliphatic carboxylic acids is 1. The lowest BCUT2D eigenvalue weighted by Gasteiger charge is -2.17. The van der Waals surface area contributed by atoms with Crippen molar-refractivity contribution in [2.75, 3.05) is 27.9 Å². The van der Waals surface area contributed by atoms with Crippen LogP contribution < -0.4 is 19.5 Å². The average Bonchev–Trinajstić information content (AvgIpc) is 2.69. The molecular weight excluding hydrogens is 350 g/mol. The highest BCUT2D eigenvalue weighted by atomic mass is 16.5. The number of rotatable bonds is 9. The van der Waals surface area contributed by atoms with Crippen molar-refractivity contribution in [3.05, 3.63) is 53.6 Å². The highest BCUT2D eigenvalue weighted by Gasteiger charge is 2.22. The molecule has 2 rings (SSSR count). The highest BCUT2D eigenvalue weighted by molar-refractivity contribution is 5.98. The first kappa shape index (κ1) is 20.1. The van der Waals surface area contributed by atoms with E-state index in [1.807, 2.05) is 18.2 Å². The third kappa shape index (κ3) is 4.91. The average molecular weight is 373 g/mol. The summed E-state index contributed by atoms with van der Waals surface area (Å²) in [5, 5.41) is 12.2. The van der Waals surface area contributed by atoms with E-state index in [4.69, 9.17) is 14.2 Å². The van der Waals surface area contributed by atoms with Crippen LogP contribution in [-0.4, -0.2) is 44.9 Å². The summed E-state index contributed by atoms with van der Waals surface area (Å²) in [4.78, 5) is 24.2. The van der Waals surface area contributed by atoms with E-state index in [9.17, 15) is 14.7 Å². The summed E-state index contributed by atoms with van der Waals surface area (Å²) in [5.74, 6) is -0.898. The van der Waals surface area contributed by atoms with Gasteiger partial charge in [0.25, 0.3) is 5.91 Å². The Labute approximate surface area is 157 Å². The zero-order chi connectivity index (χ0) is 19.8. The van der Waals surface area contributed by atoms with Gasteiger partial charge in [0.05, 0.1) is 32.8 Å². The third-order valence-electron chi connectivity index (χ3n) is 4.16. The summed E-state index contributed by atoms with van der Waals surface area (Å²) in [6.07, 6.45) is 0.231. The lowest BCUT2D eigenvalue weighted by molar-refractivity contribution is -0.141. The van der Waals surface area contributed by atoms with E-state index in [1.54, 1.807) is 24.3 Å². The number of carbonyl (C=O) groups is 2. The number of methoxy groups -OCH3 is 3. The Morgan fingerprint density at radius 3 is 2.26 bits per heavy atom. The number of hydrogen-bond acceptors (Lipinski definition) is 5. The molecule has 0 aliphatic heterocycles. The van der Waals surface area contributed by atoms with Crippen LogP contribution in [0.15, 0.2) is 42.5 Å². The number of amides is 1. The first-order valence-electron chi connectivity index (χ1n) is 8.35. The minimum absolute atomic E-state index is 0.0351. The SMILES string of the molecule is COc1ccccc1CC(CNC(=O)c1cccc(OC)c1OC)C(=O)O. The Morgan fingerprint density at radius 1 is 0.963 bits per heavy atom. The molecule has 144 valence electrons. The molecule has 0 spiro atoms. The predicted octanol–water partition coefficient (Wildman–Crippen LogP) is 2.39. The Kier molecular flexibility index (Phi) is 7.05. The molecule has 0 radical (unpaired) electrons. The van der Waals surface area contributed by atoms with Gasteiger partial charge in [-0.2, -0.15) is 0 Å². The zero-order valence-electron chi connectivity index (χ0n) is 15.5. The summed E-state index contributed by atoms with van der Waals surface area (Å²) < 4.78 is 15.7. The molecule has 27 heavy (non-hydrogen) atoms. The molecule has 1 atom stereocenters. The second-order valence-corrected chi connectivity index (χ2v) is 5.80. The van der Waals surface area contributed by atoms with Gasteiger partial charge >= 0.3 is 5.97 Å². The first-order chi connectivity index (χ1) is 13.0. The Bertz CT molecular complexity index is 805. The van der Waals surface area contributed by atoms with E-state index in [-0.39, 0.29) is 18.5 Å². The van der Waals surface area contributed by atoms with Gasteiger partial charge in [-0.3, -0.25) is 9.59 Å². The van der Waals surface area contributed by atoms with E-state index in [1.165, 1.54) is 21.3 Å². The Morgan fingerprint density at radius 2 is 1.63 bits per heavy atom. The molecule has 0 heterocycles. The molecule has 2 N–H and O–H groups in total. The van der Waals surface area contributed by atoms with Gasteiger partial charge in [-0.15, -0.1) is 0 Å². The van der Waals surface area contributed by atoms with Crippen LogP contribution in [0.3, 0.4) is 0 Å². The molecule has 0 aliphatic carbocycles. The van der Waals surface area contributed by atoms with Crippen LogP contribution in [0.4, 0.5) is 0 Å². The lowest BCUT2D eigenvalue weighted by Crippen LogP contribution is -2.34. The van der Waals surface area contributed by atoms with E-state index in [0.717, 1.165) is 5.56 Å². The minimum Gasteiger partial charge on any atom is -0.496 e. The van der Waals surface area contributed by atoms with Crippen LogP contribution in [0.1, 0.15) is 15.9 Å². The molecule has 1 unspecified atom stereocenters. The molecule has 2 aromatic rings. The Balaban J connectivity index is 2.12. The molecule has 7 heteroatoms. The van der Waals surface area contributed by atoms with Gasteiger partial charge in [0.2, 0.25) is 0 Å². The van der Waals surface area contributed by atoms with Crippen LogP contribution in [0.25, 0.3) is 0 Å². The molecule has 0 aromatic heterocycles. The van der Waals surface area contributed by atoms with Gasteiger partial charge < -0.3 is 24.6 Å². The fourth-order valence-electron chi connectivity index (χ4n) is 2.76. The predicted molar refractivity (Wildman–Crippen MR) is 99.7 cm³/mol. The van der Waals surface area contributed by atoms with E-state index < -0.39 is 17.8 Å². The largest absolute Gasteiger partial charge is 0.496 e. The first-order valence-corrected chi connectivity index (χ1v) is 8.35. The third-order valence-corrected chi connectivity index (χ3v) is 4.16. The highest BCUT2D eigenvalue weighted by Crippen LogP contribution is 2.30. The maximum atomic E-state index is 12.5. The van der Waals surface area contributed by atoms with Crippen molar-refractivity contribution in [2.45, 2.75) is 6.42 Å². The normalized spacial score (nSPS) is 11.4. The quantitative estimate of drug-likeness (QED) is 0.701. The molecule has 0 fully saturated rings. The molecule has 0 aliphatic rings.